The van der Waals surface area contributed by atoms with Crippen LogP contribution in [0.1, 0.15) is 34.6 Å². The first-order valence-electron chi connectivity index (χ1n) is 5.53. The number of nitrogens with one attached hydrogen (secondary N) is 1. The van der Waals surface area contributed by atoms with Gasteiger partial charge in [-0.1, -0.05) is 38.7 Å². The van der Waals surface area contributed by atoms with E-state index < -0.39 is 0 Å². The second-order valence-electron chi connectivity index (χ2n) is 2.87. The van der Waals surface area contributed by atoms with E-state index in [0.29, 0.717) is 6.41 Å². The fourth-order valence-electron chi connectivity index (χ4n) is 1.07. The minimum Gasteiger partial charge on any atom is -0.328 e. The Balaban J connectivity index is 0. The molecule has 0 saturated carbocycles. The predicted molar refractivity (Wildman–Crippen MR) is 72.0 cm³/mol. The highest BCUT2D eigenvalue weighted by molar-refractivity contribution is 5.56. The second kappa shape index (κ2) is 11.5. The van der Waals surface area contributed by atoms with Gasteiger partial charge in [-0.25, -0.2) is 0 Å². The summed E-state index contributed by atoms with van der Waals surface area (Å²) in [6, 6.07) is 0. The Kier molecular flexibility index (Phi) is 12.1. The monoisotopic (exact) mass is 221 g/mol. The Morgan fingerprint density at radius 3 is 1.94 bits per heavy atom. The molecule has 2 heteroatoms. The highest BCUT2D eigenvalue weighted by Crippen LogP contribution is 2.13. The van der Waals surface area contributed by atoms with Gasteiger partial charge in [0.05, 0.1) is 0 Å². The first-order chi connectivity index (χ1) is 7.67. The van der Waals surface area contributed by atoms with Crippen molar-refractivity contribution in [1.29, 1.82) is 0 Å². The summed E-state index contributed by atoms with van der Waals surface area (Å²) in [5, 5.41) is 2.65. The average Bonchev–Trinajstić information content (AvgIpc) is 2.28. The molecule has 0 radical (unpaired) electrons. The number of amides is 1. The van der Waals surface area contributed by atoms with Gasteiger partial charge in [0.15, 0.2) is 0 Å². The van der Waals surface area contributed by atoms with Gasteiger partial charge in [0, 0.05) is 5.70 Å². The Bertz CT molecular complexity index is 296. The Labute approximate surface area is 99.4 Å². The molecule has 2 nitrogen and oxygen atoms in total. The minimum atomic E-state index is 0.668. The van der Waals surface area contributed by atoms with Crippen LogP contribution in [0.15, 0.2) is 47.7 Å². The van der Waals surface area contributed by atoms with Crippen LogP contribution < -0.4 is 5.32 Å². The molecule has 1 amide bonds. The van der Waals surface area contributed by atoms with Crippen molar-refractivity contribution in [1.82, 2.24) is 5.32 Å². The summed E-state index contributed by atoms with van der Waals surface area (Å²) in [4.78, 5) is 10.4. The quantitative estimate of drug-likeness (QED) is 0.556. The Hall–Kier alpha value is -1.57. The topological polar surface area (TPSA) is 29.1 Å². The van der Waals surface area contributed by atoms with E-state index in [9.17, 15) is 4.79 Å². The molecule has 0 aliphatic heterocycles. The fraction of sp³-hybridized carbons (Fsp3) is 0.357. The van der Waals surface area contributed by atoms with Crippen LogP contribution in [0.25, 0.3) is 0 Å². The maximum Gasteiger partial charge on any atom is 0.211 e. The molecule has 0 aliphatic rings. The van der Waals surface area contributed by atoms with Crippen molar-refractivity contribution in [3.8, 4) is 0 Å². The summed E-state index contributed by atoms with van der Waals surface area (Å²) in [7, 11) is 0. The molecule has 0 fully saturated rings. The lowest BCUT2D eigenvalue weighted by Crippen LogP contribution is -2.10. The van der Waals surface area contributed by atoms with Crippen molar-refractivity contribution in [2.24, 2.45) is 0 Å². The molecule has 0 bridgehead atoms. The van der Waals surface area contributed by atoms with Gasteiger partial charge in [-0.3, -0.25) is 4.79 Å². The van der Waals surface area contributed by atoms with Crippen molar-refractivity contribution in [3.63, 3.8) is 0 Å². The third-order valence-electron chi connectivity index (χ3n) is 1.63. The molecule has 0 aromatic rings. The molecule has 0 saturated heterocycles. The summed E-state index contributed by atoms with van der Waals surface area (Å²) < 4.78 is 0. The molecule has 0 spiro atoms. The van der Waals surface area contributed by atoms with Gasteiger partial charge in [-0.15, -0.1) is 0 Å². The van der Waals surface area contributed by atoms with Crippen molar-refractivity contribution in [2.45, 2.75) is 34.6 Å². The summed E-state index contributed by atoms with van der Waals surface area (Å²) in [5.74, 6) is 0. The molecular weight excluding hydrogens is 198 g/mol. The second-order valence-corrected chi connectivity index (χ2v) is 2.87. The third-order valence-corrected chi connectivity index (χ3v) is 1.63. The first-order valence-corrected chi connectivity index (χ1v) is 5.53. The van der Waals surface area contributed by atoms with Crippen LogP contribution in [0.3, 0.4) is 0 Å². The van der Waals surface area contributed by atoms with Gasteiger partial charge in [0.25, 0.3) is 0 Å². The van der Waals surface area contributed by atoms with Crippen molar-refractivity contribution < 1.29 is 4.79 Å². The zero-order valence-corrected chi connectivity index (χ0v) is 11.0. The van der Waals surface area contributed by atoms with E-state index in [1.165, 1.54) is 0 Å². The smallest absolute Gasteiger partial charge is 0.211 e. The van der Waals surface area contributed by atoms with Crippen molar-refractivity contribution in [2.75, 3.05) is 0 Å². The van der Waals surface area contributed by atoms with Gasteiger partial charge in [-0.2, -0.15) is 0 Å². The van der Waals surface area contributed by atoms with Gasteiger partial charge in [0.1, 0.15) is 0 Å². The van der Waals surface area contributed by atoms with Crippen molar-refractivity contribution in [3.05, 3.63) is 47.7 Å². The number of hydrogen-bond acceptors (Lipinski definition) is 1. The zero-order valence-electron chi connectivity index (χ0n) is 11.0. The maximum atomic E-state index is 10.4. The van der Waals surface area contributed by atoms with Crippen LogP contribution in [0.4, 0.5) is 0 Å². The number of allylic oxidation sites excluding steroid dienone is 6. The SMILES string of the molecule is C=C(C)C(/C=C\C)=C(/C=C\C)NC=O.CC. The number of hydrogen-bond donors (Lipinski definition) is 1. The Morgan fingerprint density at radius 1 is 1.12 bits per heavy atom. The van der Waals surface area contributed by atoms with Crippen LogP contribution in [0, 0.1) is 0 Å². The highest BCUT2D eigenvalue weighted by Gasteiger charge is 2.00. The minimum absolute atomic E-state index is 0.668. The van der Waals surface area contributed by atoms with Crippen LogP contribution >= 0.6 is 0 Å². The standard InChI is InChI=1S/C12H17NO.C2H6/c1-5-7-11(10(3)4)12(8-6-2)13-9-14;1-2/h5-9H,3H2,1-2,4H3,(H,13,14);1-2H3/b7-5-,8-6-,12-11-;. The predicted octanol–water partition coefficient (Wildman–Crippen LogP) is 3.74. The lowest BCUT2D eigenvalue weighted by molar-refractivity contribution is -0.108. The summed E-state index contributed by atoms with van der Waals surface area (Å²) in [6.45, 7) is 13.6. The Morgan fingerprint density at radius 2 is 1.62 bits per heavy atom. The lowest BCUT2D eigenvalue weighted by Gasteiger charge is -2.07. The molecule has 0 unspecified atom stereocenters. The van der Waals surface area contributed by atoms with Gasteiger partial charge in [0.2, 0.25) is 6.41 Å². The molecule has 0 aromatic heterocycles. The summed E-state index contributed by atoms with van der Waals surface area (Å²) in [5.41, 5.74) is 2.64. The molecule has 90 valence electrons. The lowest BCUT2D eigenvalue weighted by atomic mass is 10.1. The molecule has 0 atom stereocenters. The van der Waals surface area contributed by atoms with E-state index in [4.69, 9.17) is 0 Å². The third kappa shape index (κ3) is 6.82. The van der Waals surface area contributed by atoms with Gasteiger partial charge >= 0.3 is 0 Å². The first kappa shape index (κ1) is 16.8. The molecule has 16 heavy (non-hydrogen) atoms. The van der Waals surface area contributed by atoms with Crippen LogP contribution in [-0.2, 0) is 4.79 Å². The fourth-order valence-corrected chi connectivity index (χ4v) is 1.07. The van der Waals surface area contributed by atoms with E-state index in [2.05, 4.69) is 11.9 Å². The van der Waals surface area contributed by atoms with Gasteiger partial charge < -0.3 is 5.32 Å². The summed E-state index contributed by atoms with van der Waals surface area (Å²) in [6.07, 6.45) is 8.23. The molecule has 1 N–H and O–H groups in total. The van der Waals surface area contributed by atoms with E-state index in [-0.39, 0.29) is 0 Å². The molecule has 0 rings (SSSR count). The van der Waals surface area contributed by atoms with E-state index in [1.807, 2.05) is 58.9 Å². The molecular formula is C14H23NO. The van der Waals surface area contributed by atoms with Crippen LogP contribution in [0.5, 0.6) is 0 Å². The van der Waals surface area contributed by atoms with E-state index in [0.717, 1.165) is 16.8 Å². The van der Waals surface area contributed by atoms with Crippen LogP contribution in [0.2, 0.25) is 0 Å². The van der Waals surface area contributed by atoms with E-state index in [1.54, 1.807) is 0 Å². The van der Waals surface area contributed by atoms with Crippen molar-refractivity contribution >= 4 is 6.41 Å². The number of carbonyl (C=O) groups is 1. The molecule has 0 aliphatic carbocycles. The zero-order chi connectivity index (χ0) is 13.0. The van der Waals surface area contributed by atoms with E-state index >= 15 is 0 Å². The normalized spacial score (nSPS) is 11.8. The summed E-state index contributed by atoms with van der Waals surface area (Å²) >= 11 is 0. The highest BCUT2D eigenvalue weighted by atomic mass is 16.1. The molecule has 0 aromatic carbocycles. The average molecular weight is 221 g/mol. The van der Waals surface area contributed by atoms with Gasteiger partial charge in [-0.05, 0) is 38.0 Å². The largest absolute Gasteiger partial charge is 0.328 e. The number of carbonyl (C=O) groups excluding carboxylic acids is 1. The molecule has 0 heterocycles. The number of rotatable bonds is 5. The maximum absolute atomic E-state index is 10.4. The van der Waals surface area contributed by atoms with Crippen LogP contribution in [-0.4, -0.2) is 6.41 Å².